The normalized spacial score (nSPS) is 11.1. The van der Waals surface area contributed by atoms with Crippen LogP contribution in [0.5, 0.6) is 0 Å². The van der Waals surface area contributed by atoms with Crippen molar-refractivity contribution in [1.82, 2.24) is 25.2 Å². The molecule has 4 N–H and O–H groups in total. The van der Waals surface area contributed by atoms with Crippen molar-refractivity contribution in [3.8, 4) is 0 Å². The van der Waals surface area contributed by atoms with Crippen molar-refractivity contribution in [3.63, 3.8) is 0 Å². The van der Waals surface area contributed by atoms with Crippen LogP contribution in [0.1, 0.15) is 40.5 Å². The van der Waals surface area contributed by atoms with Crippen LogP contribution in [0.3, 0.4) is 0 Å². The quantitative estimate of drug-likeness (QED) is 0.204. The number of aromatic nitrogens is 4. The minimum atomic E-state index is -0.484. The van der Waals surface area contributed by atoms with E-state index >= 15 is 0 Å². The molecular formula is C21H26ClN7O4P+. The Morgan fingerprint density at radius 1 is 1.26 bits per heavy atom. The molecule has 180 valence electrons. The van der Waals surface area contributed by atoms with E-state index in [-0.39, 0.29) is 50.5 Å². The summed E-state index contributed by atoms with van der Waals surface area (Å²) in [6, 6.07) is 5.47. The van der Waals surface area contributed by atoms with Gasteiger partial charge in [-0.15, -0.1) is 0 Å². The number of anilines is 1. The number of carbonyl (C=O) groups excluding carboxylic acids is 2. The van der Waals surface area contributed by atoms with Gasteiger partial charge in [0.15, 0.2) is 31.0 Å². The Hall–Kier alpha value is -3.14. The molecule has 0 saturated heterocycles. The summed E-state index contributed by atoms with van der Waals surface area (Å²) in [4.78, 5) is 33.1. The van der Waals surface area contributed by atoms with Crippen LogP contribution >= 0.6 is 20.1 Å². The summed E-state index contributed by atoms with van der Waals surface area (Å²) in [6.45, 7) is 6.08. The smallest absolute Gasteiger partial charge is 0.277 e. The van der Waals surface area contributed by atoms with Gasteiger partial charge in [-0.2, -0.15) is 0 Å². The van der Waals surface area contributed by atoms with E-state index in [4.69, 9.17) is 22.1 Å². The fraction of sp³-hybridized carbons (Fsp3) is 0.381. The van der Waals surface area contributed by atoms with Crippen LogP contribution < -0.4 is 20.9 Å². The maximum Gasteiger partial charge on any atom is 0.277 e. The molecule has 0 spiro atoms. The Morgan fingerprint density at radius 2 is 2.06 bits per heavy atom. The molecule has 3 aromatic rings. The molecule has 34 heavy (non-hydrogen) atoms. The molecule has 2 amide bonds. The standard InChI is InChI=1S/C21H25ClN7O4P/c1-3-28-14-6-5-13(20(30)24-7-8-33-12-34-32)9-15(14)29(4-2)17(28)11-26-21(31)18-19(23)25-10-16(22)27-18/h5-6,9-10H,3-4,7-8,11-12H2,1-2H3,(H3-,23,24,25,26,30,31)/p+1. The van der Waals surface area contributed by atoms with Crippen molar-refractivity contribution >= 4 is 48.7 Å². The lowest BCUT2D eigenvalue weighted by Gasteiger charge is -2.07. The molecule has 0 aliphatic heterocycles. The number of aryl methyl sites for hydroxylation is 2. The highest BCUT2D eigenvalue weighted by molar-refractivity contribution is 7.23. The van der Waals surface area contributed by atoms with Crippen molar-refractivity contribution in [2.45, 2.75) is 33.5 Å². The third kappa shape index (κ3) is 5.67. The summed E-state index contributed by atoms with van der Waals surface area (Å²) in [5, 5.41) is 5.70. The molecule has 0 bridgehead atoms. The lowest BCUT2D eigenvalue weighted by Crippen LogP contribution is -2.40. The first-order chi connectivity index (χ1) is 16.4. The molecule has 13 heteroatoms. The van der Waals surface area contributed by atoms with Crippen LogP contribution in [0.4, 0.5) is 5.82 Å². The number of nitrogen functional groups attached to an aromatic ring is 1. The Bertz CT molecular complexity index is 1220. The Kier molecular flexibility index (Phi) is 8.86. The summed E-state index contributed by atoms with van der Waals surface area (Å²) < 4.78 is 19.6. The molecule has 0 fully saturated rings. The Balaban J connectivity index is 1.84. The number of amides is 2. The predicted molar refractivity (Wildman–Crippen MR) is 127 cm³/mol. The summed E-state index contributed by atoms with van der Waals surface area (Å²) in [7, 11) is -0.0916. The zero-order valence-electron chi connectivity index (χ0n) is 18.9. The second-order valence-corrected chi connectivity index (χ2v) is 8.04. The van der Waals surface area contributed by atoms with Gasteiger partial charge in [-0.05, 0) is 26.0 Å². The average molecular weight is 507 g/mol. The van der Waals surface area contributed by atoms with E-state index < -0.39 is 5.91 Å². The number of halogens is 1. The number of hydrogen-bond acceptors (Lipinski definition) is 7. The summed E-state index contributed by atoms with van der Waals surface area (Å²) >= 11 is 5.85. The lowest BCUT2D eigenvalue weighted by atomic mass is 10.2. The second-order valence-electron chi connectivity index (χ2n) is 7.14. The molecule has 0 radical (unpaired) electrons. The summed E-state index contributed by atoms with van der Waals surface area (Å²) in [5.74, 6) is 0.128. The van der Waals surface area contributed by atoms with Gasteiger partial charge in [0.1, 0.15) is 18.0 Å². The van der Waals surface area contributed by atoms with Gasteiger partial charge >= 0.3 is 0 Å². The van der Waals surface area contributed by atoms with Crippen LogP contribution in [-0.4, -0.2) is 45.8 Å². The first kappa shape index (κ1) is 25.5. The highest BCUT2D eigenvalue weighted by atomic mass is 35.5. The lowest BCUT2D eigenvalue weighted by molar-refractivity contribution is -0.676. The van der Waals surface area contributed by atoms with Crippen molar-refractivity contribution in [3.05, 3.63) is 46.6 Å². The van der Waals surface area contributed by atoms with Crippen molar-refractivity contribution < 1.29 is 23.5 Å². The molecule has 0 aliphatic rings. The third-order valence-electron chi connectivity index (χ3n) is 5.14. The van der Waals surface area contributed by atoms with E-state index in [2.05, 4.69) is 25.2 Å². The number of hydrogen-bond donors (Lipinski definition) is 3. The third-order valence-corrected chi connectivity index (χ3v) is 5.61. The number of nitrogens with one attached hydrogen (secondary N) is 2. The predicted octanol–water partition coefficient (Wildman–Crippen LogP) is 1.92. The number of benzene rings is 1. The van der Waals surface area contributed by atoms with Crippen LogP contribution in [0, 0.1) is 0 Å². The maximum atomic E-state index is 12.7. The zero-order chi connectivity index (χ0) is 24.7. The monoisotopic (exact) mass is 506 g/mol. The number of nitrogens with zero attached hydrogens (tertiary/aromatic N) is 4. The molecule has 2 heterocycles. The SMILES string of the molecule is CCn1c(CNC(=O)c2nc(Cl)cnc2N)[n+](CC)c2cc(C(=O)NCCOCP=O)ccc21. The molecule has 0 unspecified atom stereocenters. The van der Waals surface area contributed by atoms with Gasteiger partial charge < -0.3 is 21.1 Å². The highest BCUT2D eigenvalue weighted by Gasteiger charge is 2.25. The van der Waals surface area contributed by atoms with E-state index in [1.54, 1.807) is 6.07 Å². The van der Waals surface area contributed by atoms with E-state index in [0.29, 0.717) is 25.2 Å². The van der Waals surface area contributed by atoms with E-state index in [0.717, 1.165) is 16.9 Å². The second kappa shape index (κ2) is 11.8. The molecule has 11 nitrogen and oxygen atoms in total. The van der Waals surface area contributed by atoms with E-state index in [9.17, 15) is 14.2 Å². The first-order valence-electron chi connectivity index (χ1n) is 10.7. The van der Waals surface area contributed by atoms with Crippen molar-refractivity contribution in [1.29, 1.82) is 0 Å². The minimum Gasteiger partial charge on any atom is -0.382 e. The van der Waals surface area contributed by atoms with Crippen LogP contribution in [0.25, 0.3) is 11.0 Å². The van der Waals surface area contributed by atoms with Gasteiger partial charge in [0.2, 0.25) is 0 Å². The molecule has 2 aromatic heterocycles. The van der Waals surface area contributed by atoms with Crippen LogP contribution in [0.15, 0.2) is 24.4 Å². The number of fused-ring (bicyclic) bond motifs is 1. The van der Waals surface area contributed by atoms with Gasteiger partial charge in [0.25, 0.3) is 17.6 Å². The molecule has 0 aliphatic carbocycles. The fourth-order valence-corrected chi connectivity index (χ4v) is 3.99. The molecular weight excluding hydrogens is 481 g/mol. The number of nitrogens with two attached hydrogens (primary N) is 1. The highest BCUT2D eigenvalue weighted by Crippen LogP contribution is 2.18. The maximum absolute atomic E-state index is 12.7. The number of rotatable bonds is 11. The largest absolute Gasteiger partial charge is 0.382 e. The van der Waals surface area contributed by atoms with Crippen molar-refractivity contribution in [2.75, 3.05) is 25.2 Å². The van der Waals surface area contributed by atoms with Crippen LogP contribution in [-0.2, 0) is 28.9 Å². The van der Waals surface area contributed by atoms with Gasteiger partial charge in [-0.1, -0.05) is 11.6 Å². The first-order valence-corrected chi connectivity index (χ1v) is 12.0. The topological polar surface area (TPSA) is 145 Å². The Labute approximate surface area is 202 Å². The number of carbonyl (C=O) groups is 2. The number of imidazole rings is 1. The zero-order valence-corrected chi connectivity index (χ0v) is 20.5. The van der Waals surface area contributed by atoms with Crippen molar-refractivity contribution in [2.24, 2.45) is 0 Å². The molecule has 0 saturated carbocycles. The Morgan fingerprint density at radius 3 is 2.76 bits per heavy atom. The number of ether oxygens (including phenoxy) is 1. The molecule has 0 atom stereocenters. The summed E-state index contributed by atoms with van der Waals surface area (Å²) in [5.41, 5.74) is 8.04. The van der Waals surface area contributed by atoms with E-state index in [1.807, 2.05) is 30.5 Å². The van der Waals surface area contributed by atoms with Gasteiger partial charge in [0, 0.05) is 18.2 Å². The van der Waals surface area contributed by atoms with Gasteiger partial charge in [0.05, 0.1) is 25.9 Å². The van der Waals surface area contributed by atoms with Crippen LogP contribution in [0.2, 0.25) is 5.15 Å². The minimum absolute atomic E-state index is 0.00466. The summed E-state index contributed by atoms with van der Waals surface area (Å²) in [6.07, 6.45) is 1.37. The van der Waals surface area contributed by atoms with E-state index in [1.165, 1.54) is 6.20 Å². The molecule has 1 aromatic carbocycles. The fourth-order valence-electron chi connectivity index (χ4n) is 3.66. The van der Waals surface area contributed by atoms with Gasteiger partial charge in [-0.3, -0.25) is 14.2 Å². The average Bonchev–Trinajstić information content (AvgIpc) is 3.15. The molecule has 3 rings (SSSR count). The van der Waals surface area contributed by atoms with Gasteiger partial charge in [-0.25, -0.2) is 19.1 Å².